The Morgan fingerprint density at radius 1 is 1.64 bits per heavy atom. The van der Waals surface area contributed by atoms with Crippen LogP contribution >= 0.6 is 0 Å². The van der Waals surface area contributed by atoms with Crippen molar-refractivity contribution in [3.05, 3.63) is 11.6 Å². The van der Waals surface area contributed by atoms with Gasteiger partial charge in [0.25, 0.3) is 0 Å². The van der Waals surface area contributed by atoms with Gasteiger partial charge in [-0.2, -0.15) is 5.26 Å². The molecule has 0 amide bonds. The Labute approximate surface area is 68.7 Å². The van der Waals surface area contributed by atoms with Crippen LogP contribution in [0.2, 0.25) is 0 Å². The average Bonchev–Trinajstić information content (AvgIpc) is 1.86. The molecule has 0 aromatic carbocycles. The van der Waals surface area contributed by atoms with Gasteiger partial charge in [0.15, 0.2) is 0 Å². The van der Waals surface area contributed by atoms with Crippen LogP contribution in [0, 0.1) is 22.7 Å². The topological polar surface area (TPSA) is 23.8 Å². The molecule has 0 aromatic rings. The molecule has 0 aliphatic heterocycles. The molecule has 0 heterocycles. The van der Waals surface area contributed by atoms with E-state index < -0.39 is 0 Å². The quantitative estimate of drug-likeness (QED) is 0.519. The number of nitrogens with zero attached hydrogens (tertiary/aromatic N) is 1. The summed E-state index contributed by atoms with van der Waals surface area (Å²) in [5.74, 6) is 0.462. The molecule has 60 valence electrons. The molecular formula is C10H15N. The molecule has 0 saturated heterocycles. The van der Waals surface area contributed by atoms with Crippen LogP contribution in [0.3, 0.4) is 0 Å². The van der Waals surface area contributed by atoms with Gasteiger partial charge >= 0.3 is 0 Å². The monoisotopic (exact) mass is 149 g/mol. The van der Waals surface area contributed by atoms with Crippen molar-refractivity contribution in [3.8, 4) is 6.07 Å². The highest BCUT2D eigenvalue weighted by Gasteiger charge is 2.26. The molecule has 0 spiro atoms. The average molecular weight is 149 g/mol. The molecule has 1 unspecified atom stereocenters. The number of hydrogen-bond donors (Lipinski definition) is 0. The Morgan fingerprint density at radius 2 is 2.27 bits per heavy atom. The van der Waals surface area contributed by atoms with E-state index in [4.69, 9.17) is 5.26 Å². The number of rotatable bonds is 0. The zero-order valence-corrected chi connectivity index (χ0v) is 7.52. The van der Waals surface area contributed by atoms with Crippen LogP contribution < -0.4 is 0 Å². The Bertz CT molecular complexity index is 218. The van der Waals surface area contributed by atoms with E-state index in [-0.39, 0.29) is 0 Å². The fourth-order valence-electron chi connectivity index (χ4n) is 1.77. The molecule has 0 N–H and O–H groups in total. The third-order valence-electron chi connectivity index (χ3n) is 2.39. The highest BCUT2D eigenvalue weighted by molar-refractivity contribution is 5.26. The van der Waals surface area contributed by atoms with Crippen LogP contribution in [0.1, 0.15) is 33.6 Å². The first kappa shape index (κ1) is 8.33. The second-order valence-corrected chi connectivity index (χ2v) is 4.24. The van der Waals surface area contributed by atoms with E-state index in [1.165, 1.54) is 0 Å². The van der Waals surface area contributed by atoms with E-state index >= 15 is 0 Å². The normalized spacial score (nSPS) is 28.9. The summed E-state index contributed by atoms with van der Waals surface area (Å²) in [6, 6.07) is 2.25. The van der Waals surface area contributed by atoms with Crippen LogP contribution in [-0.4, -0.2) is 0 Å². The number of nitriles is 1. The molecule has 0 radical (unpaired) electrons. The Balaban J connectivity index is 2.78. The lowest BCUT2D eigenvalue weighted by molar-refractivity contribution is 0.283. The van der Waals surface area contributed by atoms with Crippen LogP contribution in [0.25, 0.3) is 0 Å². The summed E-state index contributed by atoms with van der Waals surface area (Å²) in [5.41, 5.74) is 1.38. The summed E-state index contributed by atoms with van der Waals surface area (Å²) < 4.78 is 0. The maximum Gasteiger partial charge on any atom is 0.0946 e. The van der Waals surface area contributed by atoms with Crippen LogP contribution in [-0.2, 0) is 0 Å². The molecule has 1 nitrogen and oxygen atoms in total. The number of hydrogen-bond acceptors (Lipinski definition) is 1. The first-order valence-corrected chi connectivity index (χ1v) is 4.15. The molecule has 1 heteroatoms. The third kappa shape index (κ3) is 1.83. The van der Waals surface area contributed by atoms with Gasteiger partial charge in [0.05, 0.1) is 6.07 Å². The minimum absolute atomic E-state index is 0.403. The van der Waals surface area contributed by atoms with E-state index in [1.807, 2.05) is 0 Å². The second-order valence-electron chi connectivity index (χ2n) is 4.24. The summed E-state index contributed by atoms with van der Waals surface area (Å²) in [6.07, 6.45) is 4.29. The summed E-state index contributed by atoms with van der Waals surface area (Å²) in [4.78, 5) is 0. The first-order valence-electron chi connectivity index (χ1n) is 4.15. The molecule has 0 fully saturated rings. The smallest absolute Gasteiger partial charge is 0.0946 e. The van der Waals surface area contributed by atoms with Crippen molar-refractivity contribution < 1.29 is 0 Å². The fraction of sp³-hybridized carbons (Fsp3) is 0.700. The van der Waals surface area contributed by atoms with Crippen LogP contribution in [0.5, 0.6) is 0 Å². The van der Waals surface area contributed by atoms with Gasteiger partial charge in [-0.05, 0) is 24.2 Å². The first-order chi connectivity index (χ1) is 5.05. The van der Waals surface area contributed by atoms with E-state index in [0.29, 0.717) is 11.3 Å². The lowest BCUT2D eigenvalue weighted by Gasteiger charge is -2.31. The maximum absolute atomic E-state index is 8.71. The van der Waals surface area contributed by atoms with Gasteiger partial charge in [0, 0.05) is 5.57 Å². The van der Waals surface area contributed by atoms with Crippen molar-refractivity contribution in [1.29, 1.82) is 5.26 Å². The van der Waals surface area contributed by atoms with E-state index in [0.717, 1.165) is 18.4 Å². The summed E-state index contributed by atoms with van der Waals surface area (Å²) in [7, 11) is 0. The van der Waals surface area contributed by atoms with Gasteiger partial charge in [0.1, 0.15) is 0 Å². The van der Waals surface area contributed by atoms with Gasteiger partial charge < -0.3 is 0 Å². The largest absolute Gasteiger partial charge is 0.193 e. The minimum Gasteiger partial charge on any atom is -0.193 e. The SMILES string of the molecule is CC1CC(C)(C)CC=C1C#N. The van der Waals surface area contributed by atoms with Gasteiger partial charge in [-0.15, -0.1) is 0 Å². The summed E-state index contributed by atoms with van der Waals surface area (Å²) in [5, 5.41) is 8.71. The van der Waals surface area contributed by atoms with E-state index in [2.05, 4.69) is 32.9 Å². The van der Waals surface area contributed by atoms with E-state index in [9.17, 15) is 0 Å². The Kier molecular flexibility index (Phi) is 2.04. The molecule has 0 bridgehead atoms. The zero-order chi connectivity index (χ0) is 8.48. The lowest BCUT2D eigenvalue weighted by atomic mass is 9.73. The highest BCUT2D eigenvalue weighted by atomic mass is 14.3. The molecular weight excluding hydrogens is 134 g/mol. The van der Waals surface area contributed by atoms with Gasteiger partial charge in [-0.1, -0.05) is 26.8 Å². The van der Waals surface area contributed by atoms with Crippen molar-refractivity contribution in [1.82, 2.24) is 0 Å². The molecule has 1 rings (SSSR count). The van der Waals surface area contributed by atoms with Crippen LogP contribution in [0.4, 0.5) is 0 Å². The fourth-order valence-corrected chi connectivity index (χ4v) is 1.77. The highest BCUT2D eigenvalue weighted by Crippen LogP contribution is 2.37. The maximum atomic E-state index is 8.71. The molecule has 1 aliphatic carbocycles. The molecule has 11 heavy (non-hydrogen) atoms. The van der Waals surface area contributed by atoms with E-state index in [1.54, 1.807) is 0 Å². The van der Waals surface area contributed by atoms with Crippen molar-refractivity contribution >= 4 is 0 Å². The molecule has 1 aliphatic rings. The summed E-state index contributed by atoms with van der Waals surface area (Å²) in [6.45, 7) is 6.65. The van der Waals surface area contributed by atoms with Gasteiger partial charge in [0.2, 0.25) is 0 Å². The predicted octanol–water partition coefficient (Wildman–Crippen LogP) is 2.89. The Hall–Kier alpha value is -0.770. The van der Waals surface area contributed by atoms with Gasteiger partial charge in [-0.25, -0.2) is 0 Å². The molecule has 0 saturated carbocycles. The van der Waals surface area contributed by atoms with Gasteiger partial charge in [-0.3, -0.25) is 0 Å². The van der Waals surface area contributed by atoms with Crippen molar-refractivity contribution in [2.45, 2.75) is 33.6 Å². The number of allylic oxidation sites excluding steroid dienone is 2. The third-order valence-corrected chi connectivity index (χ3v) is 2.39. The van der Waals surface area contributed by atoms with Crippen molar-refractivity contribution in [2.24, 2.45) is 11.3 Å². The predicted molar refractivity (Wildman–Crippen MR) is 45.9 cm³/mol. The standard InChI is InChI=1S/C10H15N/c1-8-6-10(2,3)5-4-9(8)7-11/h4,8H,5-6H2,1-3H3. The van der Waals surface area contributed by atoms with Crippen molar-refractivity contribution in [2.75, 3.05) is 0 Å². The lowest BCUT2D eigenvalue weighted by Crippen LogP contribution is -2.20. The molecule has 0 aromatic heterocycles. The Morgan fingerprint density at radius 3 is 2.73 bits per heavy atom. The second kappa shape index (κ2) is 2.70. The molecule has 1 atom stereocenters. The summed E-state index contributed by atoms with van der Waals surface area (Å²) >= 11 is 0. The van der Waals surface area contributed by atoms with Crippen LogP contribution in [0.15, 0.2) is 11.6 Å². The van der Waals surface area contributed by atoms with Crippen molar-refractivity contribution in [3.63, 3.8) is 0 Å². The minimum atomic E-state index is 0.403. The zero-order valence-electron chi connectivity index (χ0n) is 7.52.